The molecule has 1 aromatic carbocycles. The van der Waals surface area contributed by atoms with Gasteiger partial charge < -0.3 is 10.1 Å². The van der Waals surface area contributed by atoms with Crippen LogP contribution in [-0.4, -0.2) is 24.0 Å². The van der Waals surface area contributed by atoms with Gasteiger partial charge >= 0.3 is 12.0 Å². The number of nitrogens with one attached hydrogen (secondary N) is 2. The average Bonchev–Trinajstić information content (AvgIpc) is 3.08. The van der Waals surface area contributed by atoms with Crippen molar-refractivity contribution in [3.8, 4) is 0 Å². The lowest BCUT2D eigenvalue weighted by Gasteiger charge is -2.12. The molecule has 2 N–H and O–H groups in total. The molecule has 1 heterocycles. The third kappa shape index (κ3) is 5.23. The Labute approximate surface area is 137 Å². The third-order valence-corrected chi connectivity index (χ3v) is 3.76. The van der Waals surface area contributed by atoms with Crippen molar-refractivity contribution < 1.29 is 19.1 Å². The van der Waals surface area contributed by atoms with E-state index in [1.807, 2.05) is 30.3 Å². The lowest BCUT2D eigenvalue weighted by Crippen LogP contribution is -2.44. The van der Waals surface area contributed by atoms with E-state index in [1.54, 1.807) is 17.5 Å². The molecular formula is C16H16N2O4S. The van der Waals surface area contributed by atoms with Gasteiger partial charge in [0.2, 0.25) is 0 Å². The van der Waals surface area contributed by atoms with Crippen molar-refractivity contribution in [2.45, 2.75) is 19.6 Å². The number of amides is 3. The molecule has 2 rings (SSSR count). The summed E-state index contributed by atoms with van der Waals surface area (Å²) in [5.41, 5.74) is 0.910. The first-order chi connectivity index (χ1) is 11.1. The summed E-state index contributed by atoms with van der Waals surface area (Å²) in [4.78, 5) is 35.6. The van der Waals surface area contributed by atoms with E-state index < -0.39 is 24.0 Å². The van der Waals surface area contributed by atoms with E-state index in [4.69, 9.17) is 4.74 Å². The predicted molar refractivity (Wildman–Crippen MR) is 86.0 cm³/mol. The van der Waals surface area contributed by atoms with Crippen LogP contribution in [0.3, 0.4) is 0 Å². The maximum Gasteiger partial charge on any atom is 0.349 e. The van der Waals surface area contributed by atoms with Crippen LogP contribution in [0.15, 0.2) is 47.8 Å². The van der Waals surface area contributed by atoms with Crippen molar-refractivity contribution in [3.63, 3.8) is 0 Å². The monoisotopic (exact) mass is 332 g/mol. The highest BCUT2D eigenvalue weighted by Crippen LogP contribution is 2.11. The molecule has 6 nitrogen and oxygen atoms in total. The lowest BCUT2D eigenvalue weighted by molar-refractivity contribution is -0.127. The molecule has 7 heteroatoms. The number of ether oxygens (including phenoxy) is 1. The first-order valence-corrected chi connectivity index (χ1v) is 7.81. The number of carbonyl (C=O) groups excluding carboxylic acids is 3. The zero-order chi connectivity index (χ0) is 16.7. The molecule has 1 aromatic heterocycles. The minimum Gasteiger partial charge on any atom is -0.448 e. The number of rotatable bonds is 5. The van der Waals surface area contributed by atoms with Crippen LogP contribution < -0.4 is 10.6 Å². The molecule has 1 atom stereocenters. The van der Waals surface area contributed by atoms with Crippen molar-refractivity contribution >= 4 is 29.2 Å². The number of urea groups is 1. The Bertz CT molecular complexity index is 671. The van der Waals surface area contributed by atoms with Gasteiger partial charge in [-0.15, -0.1) is 11.3 Å². The summed E-state index contributed by atoms with van der Waals surface area (Å²) in [6.45, 7) is 1.70. The van der Waals surface area contributed by atoms with Crippen molar-refractivity contribution in [3.05, 3.63) is 58.3 Å². The van der Waals surface area contributed by atoms with Crippen molar-refractivity contribution in [2.24, 2.45) is 0 Å². The Balaban J connectivity index is 1.76. The summed E-state index contributed by atoms with van der Waals surface area (Å²) in [6, 6.07) is 12.0. The Morgan fingerprint density at radius 3 is 2.52 bits per heavy atom. The van der Waals surface area contributed by atoms with Crippen LogP contribution in [0, 0.1) is 0 Å². The molecule has 0 aliphatic heterocycles. The van der Waals surface area contributed by atoms with E-state index in [0.717, 1.165) is 5.56 Å². The maximum atomic E-state index is 11.8. The average molecular weight is 332 g/mol. The fraction of sp³-hybridized carbons (Fsp3) is 0.188. The van der Waals surface area contributed by atoms with Gasteiger partial charge in [-0.3, -0.25) is 10.1 Å². The number of imide groups is 1. The van der Waals surface area contributed by atoms with Crippen LogP contribution in [0.4, 0.5) is 4.79 Å². The molecule has 0 fully saturated rings. The number of benzene rings is 1. The summed E-state index contributed by atoms with van der Waals surface area (Å²) >= 11 is 1.22. The number of hydrogen-bond acceptors (Lipinski definition) is 5. The summed E-state index contributed by atoms with van der Waals surface area (Å²) < 4.78 is 5.00. The van der Waals surface area contributed by atoms with E-state index in [0.29, 0.717) is 11.4 Å². The Hall–Kier alpha value is -2.67. The normalized spacial score (nSPS) is 11.3. The van der Waals surface area contributed by atoms with E-state index in [-0.39, 0.29) is 0 Å². The summed E-state index contributed by atoms with van der Waals surface area (Å²) in [5.74, 6) is -1.27. The summed E-state index contributed by atoms with van der Waals surface area (Å²) in [5, 5.41) is 6.43. The molecule has 3 amide bonds. The van der Waals surface area contributed by atoms with Gasteiger partial charge in [0.1, 0.15) is 4.88 Å². The van der Waals surface area contributed by atoms with Crippen LogP contribution in [-0.2, 0) is 16.1 Å². The zero-order valence-corrected chi connectivity index (χ0v) is 13.3. The Morgan fingerprint density at radius 1 is 1.13 bits per heavy atom. The molecule has 120 valence electrons. The summed E-state index contributed by atoms with van der Waals surface area (Å²) in [7, 11) is 0. The maximum absolute atomic E-state index is 11.8. The summed E-state index contributed by atoms with van der Waals surface area (Å²) in [6.07, 6.45) is -1.06. The van der Waals surface area contributed by atoms with Gasteiger partial charge in [-0.25, -0.2) is 9.59 Å². The minimum absolute atomic E-state index is 0.295. The van der Waals surface area contributed by atoms with Crippen molar-refractivity contribution in [2.75, 3.05) is 0 Å². The van der Waals surface area contributed by atoms with Gasteiger partial charge in [0.05, 0.1) is 0 Å². The fourth-order valence-corrected chi connectivity index (χ4v) is 2.31. The molecule has 0 radical (unpaired) electrons. The Morgan fingerprint density at radius 2 is 1.87 bits per heavy atom. The standard InChI is InChI=1S/C16H16N2O4S/c1-11(22-15(20)13-8-5-9-23-13)14(19)18-16(21)17-10-12-6-3-2-4-7-12/h2-9,11H,10H2,1H3,(H2,17,18,19,21). The van der Waals surface area contributed by atoms with Crippen molar-refractivity contribution in [1.82, 2.24) is 10.6 Å². The smallest absolute Gasteiger partial charge is 0.349 e. The van der Waals surface area contributed by atoms with Crippen LogP contribution in [0.25, 0.3) is 0 Å². The first-order valence-electron chi connectivity index (χ1n) is 6.93. The minimum atomic E-state index is -1.06. The zero-order valence-electron chi connectivity index (χ0n) is 12.4. The van der Waals surface area contributed by atoms with Gasteiger partial charge in [0.15, 0.2) is 6.10 Å². The highest BCUT2D eigenvalue weighted by atomic mass is 32.1. The van der Waals surface area contributed by atoms with Crippen molar-refractivity contribution in [1.29, 1.82) is 0 Å². The molecule has 23 heavy (non-hydrogen) atoms. The number of thiophene rings is 1. The van der Waals surface area contributed by atoms with Crippen LogP contribution in [0.5, 0.6) is 0 Å². The first kappa shape index (κ1) is 16.7. The molecule has 0 bridgehead atoms. The lowest BCUT2D eigenvalue weighted by atomic mass is 10.2. The predicted octanol–water partition coefficient (Wildman–Crippen LogP) is 2.32. The van der Waals surface area contributed by atoms with Gasteiger partial charge in [-0.2, -0.15) is 0 Å². The molecule has 0 aliphatic rings. The van der Waals surface area contributed by atoms with Gasteiger partial charge in [0, 0.05) is 6.54 Å². The van der Waals surface area contributed by atoms with E-state index in [2.05, 4.69) is 10.6 Å². The Kier molecular flexibility index (Phi) is 5.87. The van der Waals surface area contributed by atoms with Crippen LogP contribution >= 0.6 is 11.3 Å². The molecule has 0 aliphatic carbocycles. The van der Waals surface area contributed by atoms with Crippen LogP contribution in [0.1, 0.15) is 22.2 Å². The van der Waals surface area contributed by atoms with E-state index in [1.165, 1.54) is 18.3 Å². The number of carbonyl (C=O) groups is 3. The molecular weight excluding hydrogens is 316 g/mol. The number of hydrogen-bond donors (Lipinski definition) is 2. The SMILES string of the molecule is CC(OC(=O)c1cccs1)C(=O)NC(=O)NCc1ccccc1. The molecule has 1 unspecified atom stereocenters. The second-order valence-corrected chi connectivity index (χ2v) is 5.63. The van der Waals surface area contributed by atoms with E-state index >= 15 is 0 Å². The van der Waals surface area contributed by atoms with Gasteiger partial charge in [-0.1, -0.05) is 36.4 Å². The fourth-order valence-electron chi connectivity index (χ4n) is 1.70. The highest BCUT2D eigenvalue weighted by Gasteiger charge is 2.21. The van der Waals surface area contributed by atoms with E-state index in [9.17, 15) is 14.4 Å². The van der Waals surface area contributed by atoms with Gasteiger partial charge in [-0.05, 0) is 23.9 Å². The second-order valence-electron chi connectivity index (χ2n) is 4.68. The molecule has 0 saturated heterocycles. The number of esters is 1. The largest absolute Gasteiger partial charge is 0.448 e. The molecule has 2 aromatic rings. The topological polar surface area (TPSA) is 84.5 Å². The second kappa shape index (κ2) is 8.09. The quantitative estimate of drug-likeness (QED) is 0.823. The molecule has 0 saturated carbocycles. The molecule has 0 spiro atoms. The highest BCUT2D eigenvalue weighted by molar-refractivity contribution is 7.11. The van der Waals surface area contributed by atoms with Gasteiger partial charge in [0.25, 0.3) is 5.91 Å². The van der Waals surface area contributed by atoms with Crippen LogP contribution in [0.2, 0.25) is 0 Å². The third-order valence-electron chi connectivity index (χ3n) is 2.91.